The van der Waals surface area contributed by atoms with E-state index in [1.807, 2.05) is 0 Å². The van der Waals surface area contributed by atoms with Gasteiger partial charge in [-0.3, -0.25) is 0 Å². The van der Waals surface area contributed by atoms with Crippen LogP contribution in [-0.2, 0) is 0 Å². The average molecular weight is 276 g/mol. The van der Waals surface area contributed by atoms with Gasteiger partial charge in [-0.1, -0.05) is 11.2 Å². The van der Waals surface area contributed by atoms with E-state index in [9.17, 15) is 9.59 Å². The smallest absolute Gasteiger partial charge is 0.374 e. The van der Waals surface area contributed by atoms with Crippen molar-refractivity contribution in [3.05, 3.63) is 47.6 Å². The molecule has 1 fully saturated rings. The first-order valence-corrected chi connectivity index (χ1v) is 5.92. The minimum absolute atomic E-state index is 0.0631. The molecule has 104 valence electrons. The summed E-state index contributed by atoms with van der Waals surface area (Å²) in [6.07, 6.45) is 3.65. The average Bonchev–Trinajstić information content (AvgIpc) is 3.17. The lowest BCUT2D eigenvalue weighted by molar-refractivity contribution is 0.0649. The van der Waals surface area contributed by atoms with Crippen molar-refractivity contribution in [2.45, 2.75) is 18.8 Å². The second kappa shape index (κ2) is 5.96. The van der Waals surface area contributed by atoms with E-state index < -0.39 is 11.9 Å². The van der Waals surface area contributed by atoms with E-state index in [4.69, 9.17) is 10.2 Å². The molecule has 0 unspecified atom stereocenters. The standard InChI is InChI=1S/C7H7NO3.C6H5NO2/c9-7(10)6-3-5(8-11-6)4-1-2-4;8-6(9)5-3-1-2-4-7-5/h3-4H,1-2H2,(H,9,10);1-4H,(H,8,9). The van der Waals surface area contributed by atoms with Gasteiger partial charge in [0.1, 0.15) is 5.69 Å². The van der Waals surface area contributed by atoms with Crippen LogP contribution in [-0.4, -0.2) is 32.3 Å². The van der Waals surface area contributed by atoms with Crippen molar-refractivity contribution in [3.63, 3.8) is 0 Å². The summed E-state index contributed by atoms with van der Waals surface area (Å²) in [5.74, 6) is -1.65. The molecule has 2 aromatic rings. The normalized spacial score (nSPS) is 13.2. The Morgan fingerprint density at radius 1 is 1.20 bits per heavy atom. The van der Waals surface area contributed by atoms with Crippen molar-refractivity contribution in [1.29, 1.82) is 0 Å². The van der Waals surface area contributed by atoms with Gasteiger partial charge in [0.15, 0.2) is 0 Å². The van der Waals surface area contributed by atoms with E-state index in [2.05, 4.69) is 14.7 Å². The van der Waals surface area contributed by atoms with Crippen molar-refractivity contribution in [2.24, 2.45) is 0 Å². The lowest BCUT2D eigenvalue weighted by Gasteiger charge is -1.87. The van der Waals surface area contributed by atoms with Crippen molar-refractivity contribution in [2.75, 3.05) is 0 Å². The Morgan fingerprint density at radius 3 is 2.35 bits per heavy atom. The van der Waals surface area contributed by atoms with E-state index in [1.165, 1.54) is 18.3 Å². The molecular weight excluding hydrogens is 264 g/mol. The third kappa shape index (κ3) is 3.64. The number of carboxylic acid groups (broad SMARTS) is 2. The Balaban J connectivity index is 0.000000151. The fraction of sp³-hybridized carbons (Fsp3) is 0.231. The lowest BCUT2D eigenvalue weighted by atomic mass is 10.3. The molecule has 0 spiro atoms. The Bertz CT molecular complexity index is 604. The largest absolute Gasteiger partial charge is 0.477 e. The minimum atomic E-state index is -1.05. The van der Waals surface area contributed by atoms with Crippen LogP contribution in [0.5, 0.6) is 0 Å². The van der Waals surface area contributed by atoms with E-state index >= 15 is 0 Å². The molecule has 0 saturated heterocycles. The summed E-state index contributed by atoms with van der Waals surface area (Å²) in [5.41, 5.74) is 0.861. The number of nitrogens with zero attached hydrogens (tertiary/aromatic N) is 2. The molecule has 0 aromatic carbocycles. The summed E-state index contributed by atoms with van der Waals surface area (Å²) in [6.45, 7) is 0. The molecule has 0 amide bonds. The van der Waals surface area contributed by atoms with Gasteiger partial charge in [-0.2, -0.15) is 0 Å². The maximum atomic E-state index is 10.3. The van der Waals surface area contributed by atoms with Crippen molar-refractivity contribution in [1.82, 2.24) is 10.1 Å². The number of aromatic carboxylic acids is 2. The van der Waals surface area contributed by atoms with Gasteiger partial charge in [0.2, 0.25) is 5.76 Å². The molecule has 1 saturated carbocycles. The first-order valence-electron chi connectivity index (χ1n) is 5.92. The van der Waals surface area contributed by atoms with E-state index in [0.29, 0.717) is 5.92 Å². The Morgan fingerprint density at radius 2 is 1.95 bits per heavy atom. The SMILES string of the molecule is O=C(O)c1cc(C2CC2)no1.O=C(O)c1ccccn1. The van der Waals surface area contributed by atoms with Gasteiger partial charge in [-0.15, -0.1) is 0 Å². The minimum Gasteiger partial charge on any atom is -0.477 e. The van der Waals surface area contributed by atoms with Crippen LogP contribution >= 0.6 is 0 Å². The molecular formula is C13H12N2O5. The topological polar surface area (TPSA) is 114 Å². The summed E-state index contributed by atoms with van der Waals surface area (Å²) in [7, 11) is 0. The number of hydrogen-bond donors (Lipinski definition) is 2. The van der Waals surface area contributed by atoms with Gasteiger partial charge in [0.05, 0.1) is 5.69 Å². The predicted molar refractivity (Wildman–Crippen MR) is 66.6 cm³/mol. The summed E-state index contributed by atoms with van der Waals surface area (Å²) in [5, 5.41) is 20.4. The number of pyridine rings is 1. The molecule has 2 aromatic heterocycles. The van der Waals surface area contributed by atoms with Gasteiger partial charge in [0.25, 0.3) is 0 Å². The van der Waals surface area contributed by atoms with Gasteiger partial charge in [0, 0.05) is 18.2 Å². The maximum absolute atomic E-state index is 10.3. The molecule has 7 heteroatoms. The third-order valence-electron chi connectivity index (χ3n) is 2.62. The molecule has 2 N–H and O–H groups in total. The Labute approximate surface area is 113 Å². The zero-order valence-electron chi connectivity index (χ0n) is 10.4. The fourth-order valence-corrected chi connectivity index (χ4v) is 1.45. The monoisotopic (exact) mass is 276 g/mol. The maximum Gasteiger partial charge on any atom is 0.374 e. The number of carboxylic acids is 2. The zero-order valence-corrected chi connectivity index (χ0v) is 10.4. The zero-order chi connectivity index (χ0) is 14.5. The van der Waals surface area contributed by atoms with Crippen LogP contribution in [0.15, 0.2) is 35.0 Å². The van der Waals surface area contributed by atoms with Gasteiger partial charge in [-0.25, -0.2) is 14.6 Å². The fourth-order valence-electron chi connectivity index (χ4n) is 1.45. The highest BCUT2D eigenvalue weighted by Crippen LogP contribution is 2.39. The van der Waals surface area contributed by atoms with Crippen LogP contribution in [0.3, 0.4) is 0 Å². The molecule has 0 aliphatic heterocycles. The highest BCUT2D eigenvalue weighted by atomic mass is 16.5. The van der Waals surface area contributed by atoms with E-state index in [0.717, 1.165) is 18.5 Å². The van der Waals surface area contributed by atoms with Crippen LogP contribution in [0.4, 0.5) is 0 Å². The van der Waals surface area contributed by atoms with Crippen LogP contribution in [0, 0.1) is 0 Å². The van der Waals surface area contributed by atoms with Gasteiger partial charge < -0.3 is 14.7 Å². The van der Waals surface area contributed by atoms with Crippen molar-refractivity contribution in [3.8, 4) is 0 Å². The molecule has 0 bridgehead atoms. The third-order valence-corrected chi connectivity index (χ3v) is 2.62. The van der Waals surface area contributed by atoms with E-state index in [-0.39, 0.29) is 11.5 Å². The molecule has 2 heterocycles. The van der Waals surface area contributed by atoms with Crippen LogP contribution in [0.25, 0.3) is 0 Å². The Kier molecular flexibility index (Phi) is 4.09. The summed E-state index contributed by atoms with van der Waals surface area (Å²) >= 11 is 0. The first kappa shape index (κ1) is 13.7. The number of rotatable bonds is 3. The number of hydrogen-bond acceptors (Lipinski definition) is 5. The lowest BCUT2D eigenvalue weighted by Crippen LogP contribution is -1.97. The second-order valence-electron chi connectivity index (χ2n) is 4.22. The first-order chi connectivity index (χ1) is 9.58. The molecule has 0 radical (unpaired) electrons. The Hall–Kier alpha value is -2.70. The van der Waals surface area contributed by atoms with Crippen molar-refractivity contribution < 1.29 is 24.3 Å². The molecule has 1 aliphatic carbocycles. The highest BCUT2D eigenvalue weighted by molar-refractivity contribution is 5.85. The second-order valence-corrected chi connectivity index (χ2v) is 4.22. The van der Waals surface area contributed by atoms with Gasteiger partial charge in [-0.05, 0) is 25.0 Å². The molecule has 20 heavy (non-hydrogen) atoms. The van der Waals surface area contributed by atoms with Crippen molar-refractivity contribution >= 4 is 11.9 Å². The molecule has 0 atom stereocenters. The summed E-state index contributed by atoms with van der Waals surface area (Å²) in [6, 6.07) is 6.26. The molecule has 7 nitrogen and oxygen atoms in total. The van der Waals surface area contributed by atoms with Crippen LogP contribution < -0.4 is 0 Å². The van der Waals surface area contributed by atoms with Crippen LogP contribution in [0.2, 0.25) is 0 Å². The quantitative estimate of drug-likeness (QED) is 0.881. The highest BCUT2D eigenvalue weighted by Gasteiger charge is 2.28. The molecule has 1 aliphatic rings. The number of carbonyl (C=O) groups is 2. The predicted octanol–water partition coefficient (Wildman–Crippen LogP) is 2.03. The molecule has 3 rings (SSSR count). The number of aromatic nitrogens is 2. The summed E-state index contributed by atoms with van der Waals surface area (Å²) < 4.78 is 4.58. The summed E-state index contributed by atoms with van der Waals surface area (Å²) in [4.78, 5) is 24.0. The van der Waals surface area contributed by atoms with Crippen LogP contribution in [0.1, 0.15) is 45.5 Å². The van der Waals surface area contributed by atoms with E-state index in [1.54, 1.807) is 12.1 Å². The van der Waals surface area contributed by atoms with Gasteiger partial charge >= 0.3 is 11.9 Å².